The molecule has 0 atom stereocenters. The van der Waals surface area contributed by atoms with E-state index in [1.807, 2.05) is 0 Å². The summed E-state index contributed by atoms with van der Waals surface area (Å²) in [5.74, 6) is -1.04. The summed E-state index contributed by atoms with van der Waals surface area (Å²) in [4.78, 5) is 26.9. The van der Waals surface area contributed by atoms with Gasteiger partial charge in [0, 0.05) is 11.9 Å². The molecular weight excluding hydrogens is 272 g/mol. The Morgan fingerprint density at radius 2 is 2.21 bits per heavy atom. The van der Waals surface area contributed by atoms with E-state index in [0.717, 1.165) is 0 Å². The molecule has 1 aromatic carbocycles. The van der Waals surface area contributed by atoms with Gasteiger partial charge in [0.1, 0.15) is 0 Å². The maximum absolute atomic E-state index is 11.7. The molecule has 0 saturated heterocycles. The van der Waals surface area contributed by atoms with Crippen LogP contribution in [0.2, 0.25) is 5.02 Å². The topological polar surface area (TPSA) is 73.8 Å². The summed E-state index contributed by atoms with van der Waals surface area (Å²) in [6.07, 6.45) is 0. The van der Waals surface area contributed by atoms with Gasteiger partial charge in [-0.2, -0.15) is 0 Å². The minimum Gasteiger partial charge on any atom is -0.408 e. The summed E-state index contributed by atoms with van der Waals surface area (Å²) in [6, 6.07) is 4.88. The first-order valence-corrected chi connectivity index (χ1v) is 5.85. The first-order valence-electron chi connectivity index (χ1n) is 5.47. The fourth-order valence-electron chi connectivity index (χ4n) is 1.58. The number of carbonyl (C=O) groups excluding carboxylic acids is 1. The average Bonchev–Trinajstić information content (AvgIpc) is 2.63. The largest absolute Gasteiger partial charge is 0.420 e. The maximum atomic E-state index is 11.7. The zero-order valence-electron chi connectivity index (χ0n) is 10.3. The number of oxazole rings is 1. The molecule has 0 aliphatic rings. The monoisotopic (exact) mass is 282 g/mol. The molecule has 0 amide bonds. The summed E-state index contributed by atoms with van der Waals surface area (Å²) >= 11 is 5.88. The first kappa shape index (κ1) is 13.4. The highest BCUT2D eigenvalue weighted by atomic mass is 35.5. The number of carbonyl (C=O) groups is 1. The Morgan fingerprint density at radius 3 is 2.89 bits per heavy atom. The zero-order chi connectivity index (χ0) is 14.0. The number of rotatable bonds is 3. The normalized spacial score (nSPS) is 11.8. The van der Waals surface area contributed by atoms with E-state index >= 15 is 0 Å². The van der Waals surface area contributed by atoms with Crippen LogP contribution < -0.4 is 5.76 Å². The highest BCUT2D eigenvalue weighted by molar-refractivity contribution is 6.31. The Labute approximate surface area is 113 Å². The van der Waals surface area contributed by atoms with Crippen LogP contribution in [0.1, 0.15) is 13.8 Å². The molecule has 0 radical (unpaired) electrons. The van der Waals surface area contributed by atoms with Crippen molar-refractivity contribution < 1.29 is 14.0 Å². The Kier molecular flexibility index (Phi) is 3.71. The van der Waals surface area contributed by atoms with E-state index in [1.54, 1.807) is 25.1 Å². The quantitative estimate of drug-likeness (QED) is 0.491. The summed E-state index contributed by atoms with van der Waals surface area (Å²) in [5.41, 5.74) is 1.46. The molecule has 0 aliphatic carbocycles. The number of hydrogen-bond acceptors (Lipinski definition) is 5. The number of nitrogens with zero attached hydrogens (tertiary/aromatic N) is 2. The minimum absolute atomic E-state index is 0.152. The minimum atomic E-state index is -0.521. The fourth-order valence-corrected chi connectivity index (χ4v) is 1.75. The van der Waals surface area contributed by atoms with Crippen molar-refractivity contribution in [1.29, 1.82) is 0 Å². The fraction of sp³-hybridized carbons (Fsp3) is 0.250. The third-order valence-corrected chi connectivity index (χ3v) is 2.58. The second kappa shape index (κ2) is 5.27. The van der Waals surface area contributed by atoms with Crippen molar-refractivity contribution in [2.75, 3.05) is 0 Å². The van der Waals surface area contributed by atoms with Crippen LogP contribution in [0.5, 0.6) is 0 Å². The van der Waals surface area contributed by atoms with Crippen LogP contribution in [-0.4, -0.2) is 16.2 Å². The van der Waals surface area contributed by atoms with Crippen molar-refractivity contribution in [3.8, 4) is 0 Å². The lowest BCUT2D eigenvalue weighted by Crippen LogP contribution is -2.18. The molecule has 19 heavy (non-hydrogen) atoms. The number of benzene rings is 1. The molecule has 1 aromatic heterocycles. The molecule has 0 fully saturated rings. The summed E-state index contributed by atoms with van der Waals surface area (Å²) in [5, 5.41) is 4.10. The van der Waals surface area contributed by atoms with Gasteiger partial charge in [0.15, 0.2) is 5.58 Å². The van der Waals surface area contributed by atoms with Gasteiger partial charge in [0.25, 0.3) is 0 Å². The van der Waals surface area contributed by atoms with Crippen LogP contribution in [0.4, 0.5) is 0 Å². The Morgan fingerprint density at radius 1 is 1.47 bits per heavy atom. The molecule has 0 saturated carbocycles. The second-order valence-corrected chi connectivity index (χ2v) is 4.41. The molecule has 0 N–H and O–H groups in total. The van der Waals surface area contributed by atoms with E-state index in [1.165, 1.54) is 11.5 Å². The van der Waals surface area contributed by atoms with E-state index < -0.39 is 11.7 Å². The van der Waals surface area contributed by atoms with Crippen LogP contribution in [0.15, 0.2) is 32.6 Å². The number of fused-ring (bicyclic) bond motifs is 1. The smallest absolute Gasteiger partial charge is 0.408 e. The van der Waals surface area contributed by atoms with E-state index in [2.05, 4.69) is 9.99 Å². The third-order valence-electron chi connectivity index (χ3n) is 2.35. The highest BCUT2D eigenvalue weighted by Crippen LogP contribution is 2.18. The number of halogens is 1. The standard InChI is InChI=1S/C12H11ClN2O4/c1-7(14-19-8(2)16)6-15-10-5-9(13)3-4-11(10)18-12(15)17/h3-5H,6H2,1-2H3. The van der Waals surface area contributed by atoms with Gasteiger partial charge < -0.3 is 9.25 Å². The Bertz CT molecular complexity index is 714. The predicted octanol–water partition coefficient (Wildman–Crippen LogP) is 2.19. The highest BCUT2D eigenvalue weighted by Gasteiger charge is 2.10. The van der Waals surface area contributed by atoms with Crippen LogP contribution >= 0.6 is 11.6 Å². The number of aromatic nitrogens is 1. The zero-order valence-corrected chi connectivity index (χ0v) is 11.1. The van der Waals surface area contributed by atoms with Crippen molar-refractivity contribution in [2.24, 2.45) is 5.16 Å². The number of oxime groups is 1. The van der Waals surface area contributed by atoms with Gasteiger partial charge in [-0.25, -0.2) is 9.59 Å². The van der Waals surface area contributed by atoms with Crippen molar-refractivity contribution in [1.82, 2.24) is 4.57 Å². The lowest BCUT2D eigenvalue weighted by atomic mass is 10.3. The molecule has 2 rings (SSSR count). The molecule has 2 aromatic rings. The third kappa shape index (κ3) is 3.03. The number of hydrogen-bond donors (Lipinski definition) is 0. The maximum Gasteiger partial charge on any atom is 0.420 e. The average molecular weight is 283 g/mol. The predicted molar refractivity (Wildman–Crippen MR) is 70.4 cm³/mol. The van der Waals surface area contributed by atoms with E-state index in [9.17, 15) is 9.59 Å². The SMILES string of the molecule is CC(=O)ON=C(C)Cn1c(=O)oc2ccc(Cl)cc21. The lowest BCUT2D eigenvalue weighted by Gasteiger charge is -2.01. The summed E-state index contributed by atoms with van der Waals surface area (Å²) in [7, 11) is 0. The molecular formula is C12H11ClN2O4. The lowest BCUT2D eigenvalue weighted by molar-refractivity contribution is -0.140. The van der Waals surface area contributed by atoms with Crippen molar-refractivity contribution in [3.05, 3.63) is 33.8 Å². The van der Waals surface area contributed by atoms with E-state index in [0.29, 0.717) is 21.8 Å². The molecule has 1 heterocycles. The summed E-state index contributed by atoms with van der Waals surface area (Å²) in [6.45, 7) is 3.04. The van der Waals surface area contributed by atoms with Gasteiger partial charge in [-0.15, -0.1) is 0 Å². The summed E-state index contributed by atoms with van der Waals surface area (Å²) < 4.78 is 6.43. The molecule has 100 valence electrons. The first-order chi connectivity index (χ1) is 8.97. The molecule has 6 nitrogen and oxygen atoms in total. The van der Waals surface area contributed by atoms with E-state index in [4.69, 9.17) is 16.0 Å². The van der Waals surface area contributed by atoms with Gasteiger partial charge >= 0.3 is 11.7 Å². The van der Waals surface area contributed by atoms with Gasteiger partial charge in [0.2, 0.25) is 0 Å². The molecule has 0 spiro atoms. The van der Waals surface area contributed by atoms with Crippen molar-refractivity contribution >= 4 is 34.4 Å². The Hall–Kier alpha value is -2.08. The Balaban J connectivity index is 2.37. The molecule has 7 heteroatoms. The van der Waals surface area contributed by atoms with Crippen LogP contribution in [-0.2, 0) is 16.2 Å². The molecule has 0 bridgehead atoms. The van der Waals surface area contributed by atoms with Gasteiger partial charge in [-0.05, 0) is 25.1 Å². The van der Waals surface area contributed by atoms with Crippen LogP contribution in [0.3, 0.4) is 0 Å². The van der Waals surface area contributed by atoms with Crippen LogP contribution in [0.25, 0.3) is 11.1 Å². The second-order valence-electron chi connectivity index (χ2n) is 3.98. The molecule has 0 aliphatic heterocycles. The van der Waals surface area contributed by atoms with Gasteiger partial charge in [-0.3, -0.25) is 4.57 Å². The van der Waals surface area contributed by atoms with E-state index in [-0.39, 0.29) is 6.54 Å². The van der Waals surface area contributed by atoms with Crippen LogP contribution in [0, 0.1) is 0 Å². The van der Waals surface area contributed by atoms with Crippen molar-refractivity contribution in [3.63, 3.8) is 0 Å². The molecule has 0 unspecified atom stereocenters. The van der Waals surface area contributed by atoms with Gasteiger partial charge in [-0.1, -0.05) is 16.8 Å². The van der Waals surface area contributed by atoms with Gasteiger partial charge in [0.05, 0.1) is 17.8 Å². The van der Waals surface area contributed by atoms with Crippen molar-refractivity contribution in [2.45, 2.75) is 20.4 Å².